The number of nitrogens with one attached hydrogen (secondary N) is 2. The van der Waals surface area contributed by atoms with Crippen LogP contribution in [0.25, 0.3) is 0 Å². The van der Waals surface area contributed by atoms with Crippen molar-refractivity contribution in [2.75, 3.05) is 6.54 Å². The van der Waals surface area contributed by atoms with Crippen LogP contribution in [0.3, 0.4) is 0 Å². The van der Waals surface area contributed by atoms with Gasteiger partial charge in [-0.1, -0.05) is 24.3 Å². The van der Waals surface area contributed by atoms with Crippen LogP contribution in [0.5, 0.6) is 0 Å². The van der Waals surface area contributed by atoms with E-state index >= 15 is 0 Å². The molecule has 0 amide bonds. The summed E-state index contributed by atoms with van der Waals surface area (Å²) in [6.07, 6.45) is 3.24. The Balaban J connectivity index is 1.59. The van der Waals surface area contributed by atoms with E-state index in [0.29, 0.717) is 17.7 Å². The number of pyridine rings is 1. The van der Waals surface area contributed by atoms with Crippen molar-refractivity contribution in [2.45, 2.75) is 33.2 Å². The van der Waals surface area contributed by atoms with Crippen molar-refractivity contribution in [3.8, 4) is 6.07 Å². The van der Waals surface area contributed by atoms with Crippen molar-refractivity contribution >= 4 is 0 Å². The minimum Gasteiger partial charge on any atom is -0.352 e. The second-order valence-corrected chi connectivity index (χ2v) is 7.22. The Labute approximate surface area is 164 Å². The number of halogens is 1. The van der Waals surface area contributed by atoms with Gasteiger partial charge in [0.1, 0.15) is 23.4 Å². The number of benzene rings is 1. The zero-order valence-electron chi connectivity index (χ0n) is 16.0. The van der Waals surface area contributed by atoms with E-state index in [4.69, 9.17) is 0 Å². The quantitative estimate of drug-likeness (QED) is 0.862. The predicted molar refractivity (Wildman–Crippen MR) is 105 cm³/mol. The first kappa shape index (κ1) is 18.1. The highest BCUT2D eigenvalue weighted by Gasteiger charge is 2.24. The van der Waals surface area contributed by atoms with Crippen LogP contribution in [0.4, 0.5) is 4.39 Å². The topological polar surface area (TPSA) is 64.0 Å². The third kappa shape index (κ3) is 3.31. The summed E-state index contributed by atoms with van der Waals surface area (Å²) in [5.41, 5.74) is 12.7. The highest BCUT2D eigenvalue weighted by atomic mass is 19.1. The molecule has 0 saturated carbocycles. The maximum Gasteiger partial charge on any atom is 0.135 e. The van der Waals surface area contributed by atoms with E-state index in [0.717, 1.165) is 53.3 Å². The Bertz CT molecular complexity index is 1030. The van der Waals surface area contributed by atoms with Gasteiger partial charge in [-0.15, -0.1) is 0 Å². The van der Waals surface area contributed by atoms with Crippen molar-refractivity contribution in [3.63, 3.8) is 0 Å². The monoisotopic (exact) mass is 375 g/mol. The van der Waals surface area contributed by atoms with Crippen LogP contribution in [0, 0.1) is 17.1 Å². The molecule has 1 aromatic heterocycles. The zero-order valence-corrected chi connectivity index (χ0v) is 16.0. The first-order valence-corrected chi connectivity index (χ1v) is 9.36. The number of aromatic nitrogens is 1. The van der Waals surface area contributed by atoms with Crippen molar-refractivity contribution < 1.29 is 4.39 Å². The number of hydrogen-bond acceptors (Lipinski definition) is 5. The first-order valence-electron chi connectivity index (χ1n) is 9.36. The van der Waals surface area contributed by atoms with Gasteiger partial charge in [-0.25, -0.2) is 4.39 Å². The Hall–Kier alpha value is -3.33. The molecule has 2 aliphatic heterocycles. The lowest BCUT2D eigenvalue weighted by molar-refractivity contribution is 0.283. The maximum absolute atomic E-state index is 14.0. The number of allylic oxidation sites excluding steroid dienone is 3. The normalized spacial score (nSPS) is 16.3. The number of hydrazine groups is 1. The van der Waals surface area contributed by atoms with E-state index in [1.165, 1.54) is 6.07 Å². The standard InChI is InChI=1S/C22H22FN5/c1-14-15(2)22(27-26-21(14)11-24)28-8-7-20-18(13-28)10-16(12-25-20)9-17-5-3-4-6-19(17)23/h3-6,10,12,26-27H,7-9,13H2,1-2H3. The van der Waals surface area contributed by atoms with Crippen molar-refractivity contribution in [2.24, 2.45) is 0 Å². The average Bonchev–Trinajstić information content (AvgIpc) is 2.71. The third-order valence-corrected chi connectivity index (χ3v) is 5.48. The van der Waals surface area contributed by atoms with E-state index in [1.54, 1.807) is 6.07 Å². The highest BCUT2D eigenvalue weighted by molar-refractivity contribution is 5.43. The van der Waals surface area contributed by atoms with Crippen molar-refractivity contribution in [3.05, 3.63) is 87.4 Å². The van der Waals surface area contributed by atoms with Gasteiger partial charge in [0.05, 0.1) is 0 Å². The molecule has 4 rings (SSSR count). The lowest BCUT2D eigenvalue weighted by Crippen LogP contribution is -2.44. The van der Waals surface area contributed by atoms with Gasteiger partial charge in [-0.05, 0) is 47.8 Å². The summed E-state index contributed by atoms with van der Waals surface area (Å²) in [7, 11) is 0. The van der Waals surface area contributed by atoms with Gasteiger partial charge >= 0.3 is 0 Å². The number of hydrogen-bond donors (Lipinski definition) is 2. The van der Waals surface area contributed by atoms with Crippen LogP contribution in [0.2, 0.25) is 0 Å². The van der Waals surface area contributed by atoms with Gasteiger partial charge < -0.3 is 4.90 Å². The second-order valence-electron chi connectivity index (χ2n) is 7.22. The van der Waals surface area contributed by atoms with Crippen LogP contribution in [-0.2, 0) is 19.4 Å². The molecule has 0 saturated heterocycles. The minimum absolute atomic E-state index is 0.185. The fraction of sp³-hybridized carbons (Fsp3) is 0.273. The van der Waals surface area contributed by atoms with Gasteiger partial charge in [-0.3, -0.25) is 15.8 Å². The second kappa shape index (κ2) is 7.35. The first-order chi connectivity index (χ1) is 13.6. The largest absolute Gasteiger partial charge is 0.352 e. The average molecular weight is 375 g/mol. The van der Waals surface area contributed by atoms with Gasteiger partial charge in [-0.2, -0.15) is 5.26 Å². The molecule has 0 aliphatic carbocycles. The number of rotatable bonds is 3. The Morgan fingerprint density at radius 2 is 2.04 bits per heavy atom. The molecule has 3 heterocycles. The molecule has 0 unspecified atom stereocenters. The smallest absolute Gasteiger partial charge is 0.135 e. The van der Waals surface area contributed by atoms with Crippen molar-refractivity contribution in [1.29, 1.82) is 5.26 Å². The van der Waals surface area contributed by atoms with E-state index < -0.39 is 0 Å². The maximum atomic E-state index is 14.0. The molecule has 0 atom stereocenters. The molecule has 6 heteroatoms. The molecular weight excluding hydrogens is 353 g/mol. The molecular formula is C22H22FN5. The number of nitrogens with zero attached hydrogens (tertiary/aromatic N) is 3. The lowest BCUT2D eigenvalue weighted by Gasteiger charge is -2.36. The molecule has 2 N–H and O–H groups in total. The van der Waals surface area contributed by atoms with Crippen LogP contribution in [0.1, 0.15) is 36.2 Å². The predicted octanol–water partition coefficient (Wildman–Crippen LogP) is 3.31. The van der Waals surface area contributed by atoms with E-state index in [9.17, 15) is 9.65 Å². The summed E-state index contributed by atoms with van der Waals surface area (Å²) in [5.74, 6) is 0.803. The summed E-state index contributed by atoms with van der Waals surface area (Å²) < 4.78 is 14.0. The Morgan fingerprint density at radius 3 is 2.82 bits per heavy atom. The molecule has 0 radical (unpaired) electrons. The summed E-state index contributed by atoms with van der Waals surface area (Å²) in [5, 5.41) is 9.20. The molecule has 2 aromatic rings. The van der Waals surface area contributed by atoms with E-state index in [1.807, 2.05) is 32.2 Å². The molecule has 142 valence electrons. The van der Waals surface area contributed by atoms with Gasteiger partial charge in [0.2, 0.25) is 0 Å². The summed E-state index contributed by atoms with van der Waals surface area (Å²) >= 11 is 0. The molecule has 0 spiro atoms. The van der Waals surface area contributed by atoms with Crippen LogP contribution in [0.15, 0.2) is 59.2 Å². The van der Waals surface area contributed by atoms with Gasteiger partial charge in [0.15, 0.2) is 0 Å². The summed E-state index contributed by atoms with van der Waals surface area (Å²) in [6.45, 7) is 5.55. The lowest BCUT2D eigenvalue weighted by atomic mass is 9.99. The molecule has 5 nitrogen and oxygen atoms in total. The van der Waals surface area contributed by atoms with Gasteiger partial charge in [0.25, 0.3) is 0 Å². The zero-order chi connectivity index (χ0) is 19.7. The SMILES string of the molecule is CC1=C(C#N)NNC(N2CCc3ncc(Cc4ccccc4F)cc3C2)=C1C. The molecule has 2 aliphatic rings. The van der Waals surface area contributed by atoms with Gasteiger partial charge in [0, 0.05) is 37.8 Å². The van der Waals surface area contributed by atoms with Crippen LogP contribution >= 0.6 is 0 Å². The highest BCUT2D eigenvalue weighted by Crippen LogP contribution is 2.26. The van der Waals surface area contributed by atoms with Crippen LogP contribution in [-0.4, -0.2) is 16.4 Å². The Morgan fingerprint density at radius 1 is 1.21 bits per heavy atom. The Kier molecular flexibility index (Phi) is 4.74. The van der Waals surface area contributed by atoms with E-state index in [-0.39, 0.29) is 5.82 Å². The molecule has 1 aromatic carbocycles. The number of fused-ring (bicyclic) bond motifs is 1. The molecule has 0 bridgehead atoms. The van der Waals surface area contributed by atoms with Crippen LogP contribution < -0.4 is 10.9 Å². The van der Waals surface area contributed by atoms with Crippen molar-refractivity contribution in [1.82, 2.24) is 20.7 Å². The third-order valence-electron chi connectivity index (χ3n) is 5.48. The fourth-order valence-corrected chi connectivity index (χ4v) is 3.73. The molecule has 0 fully saturated rings. The minimum atomic E-state index is -0.185. The summed E-state index contributed by atoms with van der Waals surface area (Å²) in [6, 6.07) is 11.2. The fourth-order valence-electron chi connectivity index (χ4n) is 3.73. The number of nitriles is 1. The molecule has 28 heavy (non-hydrogen) atoms. The van der Waals surface area contributed by atoms with E-state index in [2.05, 4.69) is 32.9 Å². The summed E-state index contributed by atoms with van der Waals surface area (Å²) in [4.78, 5) is 6.89.